The molecule has 0 N–H and O–H groups in total. The zero-order valence-corrected chi connectivity index (χ0v) is 15.2. The van der Waals surface area contributed by atoms with Gasteiger partial charge < -0.3 is 9.64 Å². The summed E-state index contributed by atoms with van der Waals surface area (Å²) < 4.78 is 5.35. The van der Waals surface area contributed by atoms with Crippen LogP contribution in [0.2, 0.25) is 0 Å². The second-order valence-corrected chi connectivity index (χ2v) is 6.73. The van der Waals surface area contributed by atoms with Crippen molar-refractivity contribution in [2.45, 2.75) is 19.3 Å². The van der Waals surface area contributed by atoms with Crippen LogP contribution in [-0.4, -0.2) is 42.3 Å². The van der Waals surface area contributed by atoms with Crippen molar-refractivity contribution in [3.8, 4) is 0 Å². The fourth-order valence-corrected chi connectivity index (χ4v) is 3.20. The highest BCUT2D eigenvalue weighted by Gasteiger charge is 2.34. The highest BCUT2D eigenvalue weighted by Crippen LogP contribution is 2.18. The number of nitrogens with zero attached hydrogens (tertiary/aromatic N) is 1. The molecule has 1 amide bonds. The van der Waals surface area contributed by atoms with Crippen LogP contribution in [0.4, 0.5) is 0 Å². The number of hydrogen-bond donors (Lipinski definition) is 0. The Morgan fingerprint density at radius 1 is 0.926 bits per heavy atom. The monoisotopic (exact) mass is 365 g/mol. The first kappa shape index (κ1) is 18.8. The SMILES string of the molecule is O=C(Cc1ccccc1)C(=O)N1CCC(C(=O)OCCc2ccccc2)C1. The molecule has 0 aliphatic carbocycles. The summed E-state index contributed by atoms with van der Waals surface area (Å²) in [6.45, 7) is 0.988. The van der Waals surface area contributed by atoms with E-state index in [0.29, 0.717) is 26.0 Å². The van der Waals surface area contributed by atoms with E-state index in [9.17, 15) is 14.4 Å². The topological polar surface area (TPSA) is 63.7 Å². The number of benzene rings is 2. The molecule has 0 spiro atoms. The van der Waals surface area contributed by atoms with Crippen molar-refractivity contribution in [3.63, 3.8) is 0 Å². The summed E-state index contributed by atoms with van der Waals surface area (Å²) in [5.74, 6) is -1.61. The van der Waals surface area contributed by atoms with E-state index in [1.54, 1.807) is 0 Å². The summed E-state index contributed by atoms with van der Waals surface area (Å²) in [7, 11) is 0. The molecule has 0 saturated carbocycles. The molecule has 1 atom stereocenters. The van der Waals surface area contributed by atoms with Gasteiger partial charge in [0.1, 0.15) is 0 Å². The number of hydrogen-bond acceptors (Lipinski definition) is 4. The molecular weight excluding hydrogens is 342 g/mol. The van der Waals surface area contributed by atoms with Crippen molar-refractivity contribution in [1.29, 1.82) is 0 Å². The zero-order valence-electron chi connectivity index (χ0n) is 15.2. The third-order valence-electron chi connectivity index (χ3n) is 4.73. The second kappa shape index (κ2) is 9.12. The van der Waals surface area contributed by atoms with E-state index in [1.165, 1.54) is 4.90 Å². The van der Waals surface area contributed by atoms with Crippen molar-refractivity contribution in [2.24, 2.45) is 5.92 Å². The van der Waals surface area contributed by atoms with E-state index in [2.05, 4.69) is 0 Å². The normalized spacial score (nSPS) is 16.1. The third kappa shape index (κ3) is 5.26. The Hall–Kier alpha value is -2.95. The lowest BCUT2D eigenvalue weighted by atomic mass is 10.1. The largest absolute Gasteiger partial charge is 0.465 e. The van der Waals surface area contributed by atoms with Crippen molar-refractivity contribution >= 4 is 17.7 Å². The van der Waals surface area contributed by atoms with Crippen LogP contribution in [0, 0.1) is 5.92 Å². The average Bonchev–Trinajstić information content (AvgIpc) is 3.19. The van der Waals surface area contributed by atoms with E-state index < -0.39 is 11.7 Å². The van der Waals surface area contributed by atoms with Gasteiger partial charge in [-0.1, -0.05) is 60.7 Å². The van der Waals surface area contributed by atoms with E-state index in [-0.39, 0.29) is 24.9 Å². The van der Waals surface area contributed by atoms with Gasteiger partial charge in [0.15, 0.2) is 0 Å². The summed E-state index contributed by atoms with van der Waals surface area (Å²) in [6, 6.07) is 19.0. The summed E-state index contributed by atoms with van der Waals surface area (Å²) in [5, 5.41) is 0. The van der Waals surface area contributed by atoms with Crippen molar-refractivity contribution in [1.82, 2.24) is 4.90 Å². The van der Waals surface area contributed by atoms with Crippen LogP contribution in [-0.2, 0) is 32.0 Å². The molecule has 1 aliphatic rings. The predicted molar refractivity (Wildman–Crippen MR) is 101 cm³/mol. The van der Waals surface area contributed by atoms with Crippen molar-refractivity contribution in [3.05, 3.63) is 71.8 Å². The Morgan fingerprint density at radius 3 is 2.22 bits per heavy atom. The molecule has 140 valence electrons. The first-order chi connectivity index (χ1) is 13.1. The predicted octanol–water partition coefficient (Wildman–Crippen LogP) is 2.43. The average molecular weight is 365 g/mol. The number of esters is 1. The summed E-state index contributed by atoms with van der Waals surface area (Å²) in [5.41, 5.74) is 1.92. The van der Waals surface area contributed by atoms with Crippen LogP contribution in [0.1, 0.15) is 17.5 Å². The van der Waals surface area contributed by atoms with E-state index in [1.807, 2.05) is 60.7 Å². The van der Waals surface area contributed by atoms with E-state index in [0.717, 1.165) is 11.1 Å². The Morgan fingerprint density at radius 2 is 1.56 bits per heavy atom. The van der Waals surface area contributed by atoms with Gasteiger partial charge in [0.2, 0.25) is 5.78 Å². The van der Waals surface area contributed by atoms with E-state index in [4.69, 9.17) is 4.74 Å². The molecule has 0 radical (unpaired) electrons. The highest BCUT2D eigenvalue weighted by atomic mass is 16.5. The summed E-state index contributed by atoms with van der Waals surface area (Å²) >= 11 is 0. The van der Waals surface area contributed by atoms with Gasteiger partial charge in [0.05, 0.1) is 12.5 Å². The van der Waals surface area contributed by atoms with Crippen molar-refractivity contribution in [2.75, 3.05) is 19.7 Å². The number of carbonyl (C=O) groups is 3. The number of carbonyl (C=O) groups excluding carboxylic acids is 3. The number of likely N-dealkylation sites (tertiary alicyclic amines) is 1. The second-order valence-electron chi connectivity index (χ2n) is 6.73. The molecule has 27 heavy (non-hydrogen) atoms. The van der Waals surface area contributed by atoms with Crippen LogP contribution in [0.3, 0.4) is 0 Å². The Labute approximate surface area is 158 Å². The highest BCUT2D eigenvalue weighted by molar-refractivity contribution is 6.36. The third-order valence-corrected chi connectivity index (χ3v) is 4.73. The minimum atomic E-state index is -0.515. The molecule has 2 aromatic carbocycles. The van der Waals surface area contributed by atoms with Gasteiger partial charge >= 0.3 is 5.97 Å². The summed E-state index contributed by atoms with van der Waals surface area (Å²) in [6.07, 6.45) is 1.29. The Bertz CT molecular complexity index is 788. The molecular formula is C22H23NO4. The molecule has 0 aromatic heterocycles. The molecule has 1 saturated heterocycles. The maximum Gasteiger partial charge on any atom is 0.310 e. The lowest BCUT2D eigenvalue weighted by Crippen LogP contribution is -2.36. The van der Waals surface area contributed by atoms with Gasteiger partial charge in [-0.2, -0.15) is 0 Å². The molecule has 1 heterocycles. The van der Waals surface area contributed by atoms with Gasteiger partial charge in [-0.05, 0) is 17.5 Å². The lowest BCUT2D eigenvalue weighted by molar-refractivity contribution is -0.149. The minimum Gasteiger partial charge on any atom is -0.465 e. The maximum absolute atomic E-state index is 12.3. The first-order valence-electron chi connectivity index (χ1n) is 9.20. The lowest BCUT2D eigenvalue weighted by Gasteiger charge is -2.15. The van der Waals surface area contributed by atoms with Gasteiger partial charge in [0, 0.05) is 25.9 Å². The zero-order chi connectivity index (χ0) is 19.1. The van der Waals surface area contributed by atoms with Crippen LogP contribution in [0.25, 0.3) is 0 Å². The minimum absolute atomic E-state index is 0.0857. The molecule has 5 nitrogen and oxygen atoms in total. The number of Topliss-reactive ketones (excluding diaryl/α,β-unsaturated/α-hetero) is 1. The number of rotatable bonds is 7. The van der Waals surface area contributed by atoms with Gasteiger partial charge in [-0.15, -0.1) is 0 Å². The smallest absolute Gasteiger partial charge is 0.310 e. The fraction of sp³-hybridized carbons (Fsp3) is 0.318. The Kier molecular flexibility index (Phi) is 6.36. The molecule has 1 aliphatic heterocycles. The van der Waals surface area contributed by atoms with Crippen molar-refractivity contribution < 1.29 is 19.1 Å². The summed E-state index contributed by atoms with van der Waals surface area (Å²) in [4.78, 5) is 38.2. The maximum atomic E-state index is 12.3. The van der Waals surface area contributed by atoms with Gasteiger partial charge in [0.25, 0.3) is 5.91 Å². The molecule has 2 aromatic rings. The molecule has 1 fully saturated rings. The molecule has 3 rings (SSSR count). The Balaban J connectivity index is 1.44. The van der Waals surface area contributed by atoms with Gasteiger partial charge in [-0.3, -0.25) is 14.4 Å². The number of ether oxygens (including phenoxy) is 1. The van der Waals surface area contributed by atoms with Crippen LogP contribution in [0.5, 0.6) is 0 Å². The number of ketones is 1. The standard InChI is InChI=1S/C22H23NO4/c24-20(15-18-9-5-2-6-10-18)21(25)23-13-11-19(16-23)22(26)27-14-12-17-7-3-1-4-8-17/h1-10,19H,11-16H2. The molecule has 5 heteroatoms. The number of amides is 1. The van der Waals surface area contributed by atoms with E-state index >= 15 is 0 Å². The molecule has 0 bridgehead atoms. The van der Waals surface area contributed by atoms with Crippen LogP contribution in [0.15, 0.2) is 60.7 Å². The molecule has 1 unspecified atom stereocenters. The van der Waals surface area contributed by atoms with Gasteiger partial charge in [-0.25, -0.2) is 0 Å². The van der Waals surface area contributed by atoms with Crippen LogP contribution < -0.4 is 0 Å². The van der Waals surface area contributed by atoms with Crippen LogP contribution >= 0.6 is 0 Å². The quantitative estimate of drug-likeness (QED) is 0.558. The fourth-order valence-electron chi connectivity index (χ4n) is 3.20. The first-order valence-corrected chi connectivity index (χ1v) is 9.20.